The van der Waals surface area contributed by atoms with Crippen LogP contribution in [0.5, 0.6) is 0 Å². The maximum Gasteiger partial charge on any atom is 0.416 e. The Morgan fingerprint density at radius 3 is 2.71 bits per heavy atom. The lowest BCUT2D eigenvalue weighted by Crippen LogP contribution is -2.60. The van der Waals surface area contributed by atoms with Crippen molar-refractivity contribution in [1.29, 1.82) is 0 Å². The number of hydrogen-bond acceptors (Lipinski definition) is 5. The number of pyridine rings is 1. The normalized spacial score (nSPS) is 26.4. The topological polar surface area (TPSA) is 106 Å². The van der Waals surface area contributed by atoms with E-state index in [1.165, 1.54) is 0 Å². The van der Waals surface area contributed by atoms with Crippen LogP contribution in [0.25, 0.3) is 0 Å². The van der Waals surface area contributed by atoms with Gasteiger partial charge in [-0.1, -0.05) is 0 Å². The van der Waals surface area contributed by atoms with Crippen molar-refractivity contribution in [3.05, 3.63) is 23.9 Å². The number of anilines is 1. The summed E-state index contributed by atoms with van der Waals surface area (Å²) in [6.45, 7) is 0.370. The molecule has 9 heteroatoms. The number of nitrogens with two attached hydrogens (primary N) is 2. The van der Waals surface area contributed by atoms with Gasteiger partial charge in [-0.05, 0) is 18.6 Å². The van der Waals surface area contributed by atoms with E-state index in [-0.39, 0.29) is 17.9 Å². The van der Waals surface area contributed by atoms with Gasteiger partial charge in [-0.25, -0.2) is 4.98 Å². The number of hydrogen-bond donors (Lipinski definition) is 4. The summed E-state index contributed by atoms with van der Waals surface area (Å²) in [5.74, 6) is -0.635. The molecule has 116 valence electrons. The number of nitrogens with zero attached hydrogens (tertiary/aromatic N) is 1. The lowest BCUT2D eigenvalue weighted by atomic mass is 9.96. The highest BCUT2D eigenvalue weighted by molar-refractivity contribution is 5.94. The number of aromatic nitrogens is 1. The highest BCUT2D eigenvalue weighted by Crippen LogP contribution is 2.29. The quantitative estimate of drug-likeness (QED) is 0.618. The van der Waals surface area contributed by atoms with E-state index in [1.807, 2.05) is 0 Å². The Hall–Kier alpha value is -1.71. The van der Waals surface area contributed by atoms with E-state index in [4.69, 9.17) is 11.5 Å². The van der Waals surface area contributed by atoms with Crippen molar-refractivity contribution in [3.63, 3.8) is 0 Å². The predicted molar refractivity (Wildman–Crippen MR) is 70.2 cm³/mol. The summed E-state index contributed by atoms with van der Waals surface area (Å²) >= 11 is 0. The molecule has 1 aromatic rings. The fraction of sp³-hybridized carbons (Fsp3) is 0.500. The van der Waals surface area contributed by atoms with Gasteiger partial charge in [0.25, 0.3) is 0 Å². The molecule has 1 fully saturated rings. The van der Waals surface area contributed by atoms with Crippen LogP contribution in [0.4, 0.5) is 19.0 Å². The average Bonchev–Trinajstić information content (AvgIpc) is 2.41. The largest absolute Gasteiger partial charge is 0.416 e. The third-order valence-electron chi connectivity index (χ3n) is 3.31. The molecule has 2 heterocycles. The van der Waals surface area contributed by atoms with Gasteiger partial charge in [0.2, 0.25) is 5.91 Å². The number of carbonyl (C=O) groups is 1. The Kier molecular flexibility index (Phi) is 4.45. The maximum absolute atomic E-state index is 12.6. The number of carbonyl (C=O) groups excluding carboxylic acids is 1. The maximum atomic E-state index is 12.6. The lowest BCUT2D eigenvalue weighted by molar-refractivity contribution is -0.137. The molecule has 1 aliphatic heterocycles. The van der Waals surface area contributed by atoms with Gasteiger partial charge >= 0.3 is 6.18 Å². The third kappa shape index (κ3) is 3.90. The van der Waals surface area contributed by atoms with Crippen molar-refractivity contribution >= 4 is 11.7 Å². The second-order valence-electron chi connectivity index (χ2n) is 4.94. The minimum atomic E-state index is -4.49. The smallest absolute Gasteiger partial charge is 0.326 e. The van der Waals surface area contributed by atoms with Gasteiger partial charge in [-0.2, -0.15) is 13.2 Å². The number of halogens is 3. The van der Waals surface area contributed by atoms with E-state index in [2.05, 4.69) is 15.6 Å². The predicted octanol–water partition coefficient (Wildman–Crippen LogP) is 0.0554. The molecule has 1 amide bonds. The summed E-state index contributed by atoms with van der Waals surface area (Å²) in [6, 6.07) is 0.434. The van der Waals surface area contributed by atoms with Gasteiger partial charge in [0, 0.05) is 24.8 Å². The van der Waals surface area contributed by atoms with Crippen molar-refractivity contribution in [2.24, 2.45) is 11.5 Å². The first-order valence-corrected chi connectivity index (χ1v) is 6.36. The Balaban J connectivity index is 2.03. The number of nitrogens with one attached hydrogen (secondary N) is 2. The molecule has 0 bridgehead atoms. The second kappa shape index (κ2) is 5.96. The molecular formula is C12H16F3N5O. The average molecular weight is 303 g/mol. The third-order valence-corrected chi connectivity index (χ3v) is 3.31. The van der Waals surface area contributed by atoms with E-state index in [1.54, 1.807) is 0 Å². The summed E-state index contributed by atoms with van der Waals surface area (Å²) in [5.41, 5.74) is 10.6. The van der Waals surface area contributed by atoms with Crippen LogP contribution >= 0.6 is 0 Å². The molecule has 3 atom stereocenters. The highest BCUT2D eigenvalue weighted by Gasteiger charge is 2.32. The second-order valence-corrected chi connectivity index (χ2v) is 4.94. The van der Waals surface area contributed by atoms with Crippen LogP contribution in [0.1, 0.15) is 12.0 Å². The Morgan fingerprint density at radius 1 is 1.38 bits per heavy atom. The molecule has 1 aromatic heterocycles. The monoisotopic (exact) mass is 303 g/mol. The van der Waals surface area contributed by atoms with E-state index in [0.717, 1.165) is 18.3 Å². The van der Waals surface area contributed by atoms with Crippen LogP contribution in [0.2, 0.25) is 0 Å². The Bertz CT molecular complexity index is 522. The minimum absolute atomic E-state index is 0.153. The first kappa shape index (κ1) is 15.7. The molecule has 0 aromatic carbocycles. The first-order chi connectivity index (χ1) is 9.77. The van der Waals surface area contributed by atoms with Gasteiger partial charge in [0.1, 0.15) is 5.82 Å². The molecule has 21 heavy (non-hydrogen) atoms. The van der Waals surface area contributed by atoms with Crippen LogP contribution in [-0.2, 0) is 11.0 Å². The Labute approximate surface area is 119 Å². The van der Waals surface area contributed by atoms with Crippen LogP contribution in [0, 0.1) is 0 Å². The lowest BCUT2D eigenvalue weighted by Gasteiger charge is -2.31. The van der Waals surface area contributed by atoms with Crippen LogP contribution in [0.15, 0.2) is 18.3 Å². The standard InChI is InChI=1S/C12H16F3N5O/c13-12(14,15)6-1-2-18-10(3-6)20-11(21)9-4-7(16)8(17)5-19-9/h1-3,7-9,19H,4-5,16-17H2,(H,18,20,21). The SMILES string of the molecule is NC1CNC(C(=O)Nc2cc(C(F)(F)F)ccn2)CC1N. The molecule has 0 aliphatic carbocycles. The van der Waals surface area contributed by atoms with Crippen molar-refractivity contribution in [3.8, 4) is 0 Å². The zero-order valence-electron chi connectivity index (χ0n) is 11.0. The Morgan fingerprint density at radius 2 is 2.10 bits per heavy atom. The van der Waals surface area contributed by atoms with Crippen LogP contribution in [0.3, 0.4) is 0 Å². The molecule has 0 radical (unpaired) electrons. The number of rotatable bonds is 2. The van der Waals surface area contributed by atoms with Gasteiger partial charge < -0.3 is 22.1 Å². The highest BCUT2D eigenvalue weighted by atomic mass is 19.4. The van der Waals surface area contributed by atoms with Gasteiger partial charge in [-0.15, -0.1) is 0 Å². The van der Waals surface area contributed by atoms with Crippen molar-refractivity contribution in [2.45, 2.75) is 30.7 Å². The minimum Gasteiger partial charge on any atom is -0.326 e. The van der Waals surface area contributed by atoms with Crippen molar-refractivity contribution < 1.29 is 18.0 Å². The fourth-order valence-corrected chi connectivity index (χ4v) is 2.05. The van der Waals surface area contributed by atoms with E-state index in [0.29, 0.717) is 13.0 Å². The molecule has 6 nitrogen and oxygen atoms in total. The zero-order valence-corrected chi connectivity index (χ0v) is 11.0. The molecule has 1 saturated heterocycles. The van der Waals surface area contributed by atoms with Gasteiger partial charge in [-0.3, -0.25) is 4.79 Å². The van der Waals surface area contributed by atoms with Crippen LogP contribution in [-0.4, -0.2) is 35.6 Å². The fourth-order valence-electron chi connectivity index (χ4n) is 2.05. The van der Waals surface area contributed by atoms with E-state index < -0.39 is 23.7 Å². The van der Waals surface area contributed by atoms with Crippen LogP contribution < -0.4 is 22.1 Å². The van der Waals surface area contributed by atoms with Crippen molar-refractivity contribution in [1.82, 2.24) is 10.3 Å². The van der Waals surface area contributed by atoms with E-state index >= 15 is 0 Å². The summed E-state index contributed by atoms with van der Waals surface area (Å²) in [7, 11) is 0. The molecular weight excluding hydrogens is 287 g/mol. The first-order valence-electron chi connectivity index (χ1n) is 6.36. The summed E-state index contributed by atoms with van der Waals surface area (Å²) in [5, 5.41) is 5.25. The molecule has 3 unspecified atom stereocenters. The van der Waals surface area contributed by atoms with E-state index in [9.17, 15) is 18.0 Å². The van der Waals surface area contributed by atoms with Gasteiger partial charge in [0.15, 0.2) is 0 Å². The van der Waals surface area contributed by atoms with Gasteiger partial charge in [0.05, 0.1) is 11.6 Å². The van der Waals surface area contributed by atoms with Crippen molar-refractivity contribution in [2.75, 3.05) is 11.9 Å². The number of amides is 1. The molecule has 1 aliphatic rings. The molecule has 0 saturated carbocycles. The number of piperidine rings is 1. The summed E-state index contributed by atoms with van der Waals surface area (Å²) < 4.78 is 37.7. The molecule has 6 N–H and O–H groups in total. The number of alkyl halides is 3. The molecule has 2 rings (SSSR count). The zero-order chi connectivity index (χ0) is 15.6. The molecule has 0 spiro atoms. The summed E-state index contributed by atoms with van der Waals surface area (Å²) in [6.07, 6.45) is -3.18. The summed E-state index contributed by atoms with van der Waals surface area (Å²) in [4.78, 5) is 15.7.